The lowest BCUT2D eigenvalue weighted by Gasteiger charge is -2.45. The van der Waals surface area contributed by atoms with Crippen LogP contribution < -0.4 is 0 Å². The van der Waals surface area contributed by atoms with Crippen LogP contribution >= 0.6 is 11.8 Å². The van der Waals surface area contributed by atoms with Gasteiger partial charge in [-0.25, -0.2) is 0 Å². The third kappa shape index (κ3) is 7.34. The third-order valence-electron chi connectivity index (χ3n) is 6.58. The Balaban J connectivity index is 1.41. The van der Waals surface area contributed by atoms with E-state index in [2.05, 4.69) is 55.5 Å². The summed E-state index contributed by atoms with van der Waals surface area (Å²) in [6.45, 7) is 3.48. The van der Waals surface area contributed by atoms with Gasteiger partial charge in [-0.2, -0.15) is 0 Å². The van der Waals surface area contributed by atoms with Crippen LogP contribution in [0.3, 0.4) is 0 Å². The molecule has 5 rings (SSSR count). The van der Waals surface area contributed by atoms with Gasteiger partial charge in [-0.3, -0.25) is 0 Å². The highest BCUT2D eigenvalue weighted by atomic mass is 32.2. The van der Waals surface area contributed by atoms with E-state index in [0.717, 1.165) is 21.6 Å². The number of ether oxygens (including phenoxy) is 4. The van der Waals surface area contributed by atoms with E-state index in [1.807, 2.05) is 72.8 Å². The zero-order valence-electron chi connectivity index (χ0n) is 21.6. The van der Waals surface area contributed by atoms with Crippen LogP contribution in [0, 0.1) is 0 Å². The summed E-state index contributed by atoms with van der Waals surface area (Å²) in [5.41, 5.74) is 3.08. The van der Waals surface area contributed by atoms with Crippen LogP contribution in [-0.4, -0.2) is 29.9 Å². The van der Waals surface area contributed by atoms with Crippen LogP contribution in [0.2, 0.25) is 0 Å². The molecule has 1 saturated heterocycles. The van der Waals surface area contributed by atoms with Gasteiger partial charge in [-0.1, -0.05) is 121 Å². The highest BCUT2D eigenvalue weighted by Crippen LogP contribution is 2.38. The van der Waals surface area contributed by atoms with E-state index in [1.165, 1.54) is 0 Å². The Hall–Kier alpha value is -2.93. The van der Waals surface area contributed by atoms with Crippen molar-refractivity contribution in [3.8, 4) is 0 Å². The maximum atomic E-state index is 6.67. The second-order valence-corrected chi connectivity index (χ2v) is 10.6. The van der Waals surface area contributed by atoms with E-state index in [-0.39, 0.29) is 29.9 Å². The Morgan fingerprint density at radius 1 is 0.526 bits per heavy atom. The summed E-state index contributed by atoms with van der Waals surface area (Å²) < 4.78 is 26.4. The second kappa shape index (κ2) is 13.7. The molecular formula is C33H34O4S. The fraction of sp³-hybridized carbons (Fsp3) is 0.273. The van der Waals surface area contributed by atoms with Crippen LogP contribution in [-0.2, 0) is 38.8 Å². The molecule has 0 amide bonds. The van der Waals surface area contributed by atoms with Crippen molar-refractivity contribution >= 4 is 11.8 Å². The smallest absolute Gasteiger partial charge is 0.136 e. The number of thioether (sulfide) groups is 1. The average Bonchev–Trinajstić information content (AvgIpc) is 2.97. The van der Waals surface area contributed by atoms with Gasteiger partial charge >= 0.3 is 0 Å². The van der Waals surface area contributed by atoms with Gasteiger partial charge in [0.15, 0.2) is 0 Å². The molecule has 5 atom stereocenters. The van der Waals surface area contributed by atoms with Crippen molar-refractivity contribution in [2.45, 2.75) is 61.5 Å². The van der Waals surface area contributed by atoms with E-state index in [9.17, 15) is 0 Å². The van der Waals surface area contributed by atoms with Crippen molar-refractivity contribution in [2.24, 2.45) is 0 Å². The zero-order chi connectivity index (χ0) is 26.0. The molecule has 4 nitrogen and oxygen atoms in total. The van der Waals surface area contributed by atoms with Gasteiger partial charge in [0.1, 0.15) is 23.7 Å². The first kappa shape index (κ1) is 26.7. The van der Waals surface area contributed by atoms with Crippen molar-refractivity contribution in [3.05, 3.63) is 138 Å². The number of rotatable bonds is 11. The Labute approximate surface area is 229 Å². The minimum Gasteiger partial charge on any atom is -0.368 e. The van der Waals surface area contributed by atoms with Gasteiger partial charge in [0, 0.05) is 4.90 Å². The molecule has 38 heavy (non-hydrogen) atoms. The third-order valence-corrected chi connectivity index (χ3v) is 7.73. The number of benzene rings is 4. The molecule has 2 unspecified atom stereocenters. The maximum absolute atomic E-state index is 6.67. The van der Waals surface area contributed by atoms with Crippen LogP contribution in [0.1, 0.15) is 23.6 Å². The molecule has 0 spiro atoms. The Bertz CT molecular complexity index is 1210. The molecule has 0 N–H and O–H groups in total. The quantitative estimate of drug-likeness (QED) is 0.205. The normalized spacial score (nSPS) is 23.2. The highest BCUT2D eigenvalue weighted by molar-refractivity contribution is 7.99. The summed E-state index contributed by atoms with van der Waals surface area (Å²) in [6, 6.07) is 41.0. The topological polar surface area (TPSA) is 36.9 Å². The SMILES string of the molecule is C[C@H]1O[C@@H](Sc2ccccc2)C(OCc2ccccc2)C(OCc2ccccc2)[C@@H]1OCc1ccccc1. The zero-order valence-corrected chi connectivity index (χ0v) is 22.4. The first-order valence-electron chi connectivity index (χ1n) is 13.1. The van der Waals surface area contributed by atoms with Gasteiger partial charge < -0.3 is 18.9 Å². The van der Waals surface area contributed by atoms with E-state index in [4.69, 9.17) is 18.9 Å². The Morgan fingerprint density at radius 3 is 1.39 bits per heavy atom. The second-order valence-electron chi connectivity index (χ2n) is 9.42. The molecule has 0 saturated carbocycles. The molecule has 1 heterocycles. The lowest BCUT2D eigenvalue weighted by molar-refractivity contribution is -0.242. The molecule has 5 heteroatoms. The summed E-state index contributed by atoms with van der Waals surface area (Å²) >= 11 is 1.67. The fourth-order valence-electron chi connectivity index (χ4n) is 4.60. The predicted molar refractivity (Wildman–Crippen MR) is 152 cm³/mol. The summed E-state index contributed by atoms with van der Waals surface area (Å²) in [5, 5.41) is 0. The molecule has 0 aliphatic carbocycles. The lowest BCUT2D eigenvalue weighted by atomic mass is 9.99. The largest absolute Gasteiger partial charge is 0.368 e. The van der Waals surface area contributed by atoms with Crippen molar-refractivity contribution in [1.82, 2.24) is 0 Å². The van der Waals surface area contributed by atoms with Crippen molar-refractivity contribution in [3.63, 3.8) is 0 Å². The van der Waals surface area contributed by atoms with Crippen molar-refractivity contribution in [2.75, 3.05) is 0 Å². The minimum absolute atomic E-state index is 0.183. The van der Waals surface area contributed by atoms with Gasteiger partial charge in [-0.15, -0.1) is 0 Å². The molecule has 0 radical (unpaired) electrons. The van der Waals surface area contributed by atoms with Gasteiger partial charge in [0.05, 0.1) is 25.9 Å². The molecule has 4 aromatic rings. The average molecular weight is 527 g/mol. The molecule has 0 bridgehead atoms. The lowest BCUT2D eigenvalue weighted by Crippen LogP contribution is -2.58. The predicted octanol–water partition coefficient (Wildman–Crippen LogP) is 7.28. The molecule has 4 aromatic carbocycles. The van der Waals surface area contributed by atoms with E-state index in [0.29, 0.717) is 19.8 Å². The molecular weight excluding hydrogens is 492 g/mol. The van der Waals surface area contributed by atoms with Crippen molar-refractivity contribution in [1.29, 1.82) is 0 Å². The molecule has 1 fully saturated rings. The van der Waals surface area contributed by atoms with E-state index in [1.54, 1.807) is 11.8 Å². The summed E-state index contributed by atoms with van der Waals surface area (Å²) in [4.78, 5) is 1.13. The Morgan fingerprint density at radius 2 is 0.921 bits per heavy atom. The highest BCUT2D eigenvalue weighted by Gasteiger charge is 2.47. The molecule has 196 valence electrons. The molecule has 0 aromatic heterocycles. The first-order valence-corrected chi connectivity index (χ1v) is 14.0. The van der Waals surface area contributed by atoms with Crippen LogP contribution in [0.4, 0.5) is 0 Å². The number of hydrogen-bond donors (Lipinski definition) is 0. The fourth-order valence-corrected chi connectivity index (χ4v) is 5.78. The van der Waals surface area contributed by atoms with Gasteiger partial charge in [0.25, 0.3) is 0 Å². The number of hydrogen-bond acceptors (Lipinski definition) is 5. The molecule has 1 aliphatic rings. The standard InChI is InChI=1S/C33H34O4S/c1-25-30(34-22-26-14-6-2-7-15-26)31(35-23-27-16-8-3-9-17-27)32(36-24-28-18-10-4-11-19-28)33(37-25)38-29-20-12-5-13-21-29/h2-21,25,30-33H,22-24H2,1H3/t25-,30-,31?,32?,33+/m1/s1. The van der Waals surface area contributed by atoms with E-state index < -0.39 is 0 Å². The first-order chi connectivity index (χ1) is 18.8. The van der Waals surface area contributed by atoms with E-state index >= 15 is 0 Å². The molecule has 1 aliphatic heterocycles. The van der Waals surface area contributed by atoms with Gasteiger partial charge in [-0.05, 0) is 35.7 Å². The van der Waals surface area contributed by atoms with Crippen molar-refractivity contribution < 1.29 is 18.9 Å². The van der Waals surface area contributed by atoms with Crippen LogP contribution in [0.25, 0.3) is 0 Å². The maximum Gasteiger partial charge on any atom is 0.136 e. The van der Waals surface area contributed by atoms with Crippen LogP contribution in [0.5, 0.6) is 0 Å². The summed E-state index contributed by atoms with van der Waals surface area (Å²) in [6.07, 6.45) is -1.15. The van der Waals surface area contributed by atoms with Crippen LogP contribution in [0.15, 0.2) is 126 Å². The monoisotopic (exact) mass is 526 g/mol. The van der Waals surface area contributed by atoms with Gasteiger partial charge in [0.2, 0.25) is 0 Å². The minimum atomic E-state index is -0.346. The summed E-state index contributed by atoms with van der Waals surface area (Å²) in [5.74, 6) is 0. The Kier molecular flexibility index (Phi) is 9.64. The summed E-state index contributed by atoms with van der Waals surface area (Å²) in [7, 11) is 0.